The van der Waals surface area contributed by atoms with Gasteiger partial charge in [-0.1, -0.05) is 12.1 Å². The SMILES string of the molecule is O=C(NC1C(O)C(O)C(O)C2NC(=O)c3c(cc4c(c3O)OCO4)C12)c1cccc(CN2CCCC2)c1. The Balaban J connectivity index is 1.34. The van der Waals surface area contributed by atoms with Crippen LogP contribution in [0.1, 0.15) is 50.6 Å². The van der Waals surface area contributed by atoms with Crippen LogP contribution in [0.3, 0.4) is 0 Å². The molecule has 4 aliphatic rings. The summed E-state index contributed by atoms with van der Waals surface area (Å²) in [6, 6.07) is 6.60. The van der Waals surface area contributed by atoms with Crippen molar-refractivity contribution >= 4 is 11.8 Å². The second kappa shape index (κ2) is 9.18. The lowest BCUT2D eigenvalue weighted by molar-refractivity contribution is -0.117. The van der Waals surface area contributed by atoms with E-state index in [9.17, 15) is 30.0 Å². The fourth-order valence-electron chi connectivity index (χ4n) is 6.03. The van der Waals surface area contributed by atoms with E-state index in [0.29, 0.717) is 5.56 Å². The topological polar surface area (TPSA) is 161 Å². The predicted molar refractivity (Wildman–Crippen MR) is 128 cm³/mol. The molecule has 0 spiro atoms. The van der Waals surface area contributed by atoms with Gasteiger partial charge in [0.1, 0.15) is 18.3 Å². The van der Waals surface area contributed by atoms with E-state index in [4.69, 9.17) is 9.47 Å². The van der Waals surface area contributed by atoms with Crippen LogP contribution in [0.5, 0.6) is 17.2 Å². The van der Waals surface area contributed by atoms with E-state index < -0.39 is 53.9 Å². The summed E-state index contributed by atoms with van der Waals surface area (Å²) in [6.07, 6.45) is -2.38. The molecule has 3 heterocycles. The molecule has 3 aliphatic heterocycles. The minimum atomic E-state index is -1.63. The monoisotopic (exact) mass is 511 g/mol. The van der Waals surface area contributed by atoms with E-state index in [2.05, 4.69) is 15.5 Å². The molecular formula is C26H29N3O8. The third-order valence-electron chi connectivity index (χ3n) is 7.85. The van der Waals surface area contributed by atoms with E-state index in [1.54, 1.807) is 18.2 Å². The van der Waals surface area contributed by atoms with Crippen LogP contribution in [0.15, 0.2) is 30.3 Å². The molecule has 0 radical (unpaired) electrons. The average molecular weight is 512 g/mol. The van der Waals surface area contributed by atoms with Gasteiger partial charge in [-0.2, -0.15) is 0 Å². The van der Waals surface area contributed by atoms with Crippen molar-refractivity contribution in [2.75, 3.05) is 19.9 Å². The Bertz CT molecular complexity index is 1250. The number of nitrogens with zero attached hydrogens (tertiary/aromatic N) is 1. The first-order valence-electron chi connectivity index (χ1n) is 12.5. The Morgan fingerprint density at radius 2 is 1.86 bits per heavy atom. The molecule has 2 aromatic carbocycles. The van der Waals surface area contributed by atoms with Gasteiger partial charge in [0, 0.05) is 18.0 Å². The zero-order chi connectivity index (χ0) is 25.8. The van der Waals surface area contributed by atoms with Crippen LogP contribution in [0.25, 0.3) is 0 Å². The molecule has 37 heavy (non-hydrogen) atoms. The Morgan fingerprint density at radius 3 is 2.65 bits per heavy atom. The van der Waals surface area contributed by atoms with E-state index in [0.717, 1.165) is 38.0 Å². The number of amides is 2. The van der Waals surface area contributed by atoms with Crippen molar-refractivity contribution in [2.45, 2.75) is 55.7 Å². The van der Waals surface area contributed by atoms with Gasteiger partial charge >= 0.3 is 0 Å². The van der Waals surface area contributed by atoms with Gasteiger partial charge in [0.25, 0.3) is 11.8 Å². The minimum Gasteiger partial charge on any atom is -0.504 e. The Kier molecular flexibility index (Phi) is 5.95. The fourth-order valence-corrected chi connectivity index (χ4v) is 6.03. The molecule has 2 aromatic rings. The third kappa shape index (κ3) is 3.98. The Morgan fingerprint density at radius 1 is 1.08 bits per heavy atom. The summed E-state index contributed by atoms with van der Waals surface area (Å²) in [4.78, 5) is 28.6. The molecule has 6 atom stereocenters. The first-order chi connectivity index (χ1) is 17.8. The number of carbonyl (C=O) groups is 2. The molecule has 1 aliphatic carbocycles. The number of carbonyl (C=O) groups excluding carboxylic acids is 2. The van der Waals surface area contributed by atoms with Crippen LogP contribution < -0.4 is 20.1 Å². The molecule has 196 valence electrons. The van der Waals surface area contributed by atoms with Gasteiger partial charge in [-0.15, -0.1) is 0 Å². The number of benzene rings is 2. The van der Waals surface area contributed by atoms with Crippen molar-refractivity contribution in [1.29, 1.82) is 0 Å². The van der Waals surface area contributed by atoms with Crippen molar-refractivity contribution in [3.63, 3.8) is 0 Å². The molecular weight excluding hydrogens is 482 g/mol. The summed E-state index contributed by atoms with van der Waals surface area (Å²) in [5.41, 5.74) is 1.55. The summed E-state index contributed by atoms with van der Waals surface area (Å²) in [6.45, 7) is 2.63. The normalized spacial score (nSPS) is 30.4. The number of hydrogen-bond donors (Lipinski definition) is 6. The second-order valence-corrected chi connectivity index (χ2v) is 10.1. The van der Waals surface area contributed by atoms with Gasteiger partial charge in [0.05, 0.1) is 17.6 Å². The summed E-state index contributed by atoms with van der Waals surface area (Å²) < 4.78 is 10.7. The summed E-state index contributed by atoms with van der Waals surface area (Å²) >= 11 is 0. The molecule has 6 unspecified atom stereocenters. The van der Waals surface area contributed by atoms with Gasteiger partial charge in [0.15, 0.2) is 11.5 Å². The third-order valence-corrected chi connectivity index (χ3v) is 7.85. The van der Waals surface area contributed by atoms with Gasteiger partial charge in [-0.3, -0.25) is 14.5 Å². The number of aliphatic hydroxyl groups excluding tert-OH is 3. The van der Waals surface area contributed by atoms with Crippen molar-refractivity contribution in [3.05, 3.63) is 52.6 Å². The molecule has 11 nitrogen and oxygen atoms in total. The van der Waals surface area contributed by atoms with Crippen molar-refractivity contribution in [3.8, 4) is 17.2 Å². The number of rotatable bonds is 4. The molecule has 11 heteroatoms. The van der Waals surface area contributed by atoms with Crippen LogP contribution in [-0.4, -0.2) is 87.4 Å². The number of likely N-dealkylation sites (tertiary alicyclic amines) is 1. The van der Waals surface area contributed by atoms with Crippen molar-refractivity contribution < 1.29 is 39.5 Å². The molecule has 2 fully saturated rings. The fraction of sp³-hybridized carbons (Fsp3) is 0.462. The number of fused-ring (bicyclic) bond motifs is 4. The van der Waals surface area contributed by atoms with E-state index in [-0.39, 0.29) is 29.4 Å². The van der Waals surface area contributed by atoms with Crippen LogP contribution in [0.4, 0.5) is 0 Å². The van der Waals surface area contributed by atoms with Gasteiger partial charge < -0.3 is 40.5 Å². The largest absolute Gasteiger partial charge is 0.504 e. The highest BCUT2D eigenvalue weighted by Crippen LogP contribution is 2.50. The molecule has 6 rings (SSSR count). The molecule has 0 aromatic heterocycles. The maximum atomic E-state index is 13.4. The summed E-state index contributed by atoms with van der Waals surface area (Å²) in [5, 5.41) is 48.5. The predicted octanol–water partition coefficient (Wildman–Crippen LogP) is -0.193. The minimum absolute atomic E-state index is 0.0275. The lowest BCUT2D eigenvalue weighted by atomic mass is 9.68. The van der Waals surface area contributed by atoms with Crippen molar-refractivity contribution in [1.82, 2.24) is 15.5 Å². The van der Waals surface area contributed by atoms with Gasteiger partial charge in [-0.25, -0.2) is 0 Å². The number of phenols is 1. The van der Waals surface area contributed by atoms with E-state index >= 15 is 0 Å². The zero-order valence-corrected chi connectivity index (χ0v) is 20.0. The molecule has 0 bridgehead atoms. The van der Waals surface area contributed by atoms with E-state index in [1.807, 2.05) is 6.07 Å². The first-order valence-corrected chi connectivity index (χ1v) is 12.5. The van der Waals surface area contributed by atoms with Gasteiger partial charge in [0.2, 0.25) is 12.5 Å². The highest BCUT2D eigenvalue weighted by molar-refractivity contribution is 6.02. The zero-order valence-electron chi connectivity index (χ0n) is 20.0. The number of ether oxygens (including phenoxy) is 2. The summed E-state index contributed by atoms with van der Waals surface area (Å²) in [7, 11) is 0. The quantitative estimate of drug-likeness (QED) is 0.327. The molecule has 1 saturated carbocycles. The average Bonchev–Trinajstić information content (AvgIpc) is 3.58. The van der Waals surface area contributed by atoms with E-state index in [1.165, 1.54) is 6.07 Å². The second-order valence-electron chi connectivity index (χ2n) is 10.1. The number of aromatic hydroxyl groups is 1. The molecule has 2 amide bonds. The number of nitrogens with one attached hydrogen (secondary N) is 2. The maximum Gasteiger partial charge on any atom is 0.255 e. The lowest BCUT2D eigenvalue weighted by Gasteiger charge is -2.49. The van der Waals surface area contributed by atoms with Crippen molar-refractivity contribution in [2.24, 2.45) is 0 Å². The molecule has 1 saturated heterocycles. The number of hydrogen-bond acceptors (Lipinski definition) is 9. The number of phenolic OH excluding ortho intramolecular Hbond substituents is 1. The summed E-state index contributed by atoms with van der Waals surface area (Å²) in [5.74, 6) is -2.21. The first kappa shape index (κ1) is 24.0. The maximum absolute atomic E-state index is 13.4. The number of aliphatic hydroxyl groups is 3. The highest BCUT2D eigenvalue weighted by Gasteiger charge is 2.54. The van der Waals surface area contributed by atoms with Crippen LogP contribution in [0.2, 0.25) is 0 Å². The smallest absolute Gasteiger partial charge is 0.255 e. The lowest BCUT2D eigenvalue weighted by Crippen LogP contribution is -2.69. The van der Waals surface area contributed by atoms with Crippen LogP contribution in [0, 0.1) is 0 Å². The highest BCUT2D eigenvalue weighted by atomic mass is 16.7. The van der Waals surface area contributed by atoms with Crippen LogP contribution >= 0.6 is 0 Å². The Labute approximate surface area is 212 Å². The van der Waals surface area contributed by atoms with Crippen LogP contribution in [-0.2, 0) is 6.54 Å². The van der Waals surface area contributed by atoms with Gasteiger partial charge in [-0.05, 0) is 55.3 Å². The standard InChI is InChI=1S/C26H29N3O8/c30-20-17-14(9-15-24(20)37-11-36-15)16-18(21(31)23(33)22(32)19(16)28-26(17)35)27-25(34)13-5-3-4-12(8-13)10-29-6-1-2-7-29/h3-5,8-9,16,18-19,21-23,30-33H,1-2,6-7,10-11H2,(H,27,34)(H,28,35). The molecule has 6 N–H and O–H groups in total. The Hall–Kier alpha value is -3.38.